The molecule has 2 aromatic rings. The lowest BCUT2D eigenvalue weighted by Crippen LogP contribution is -2.54. The predicted molar refractivity (Wildman–Crippen MR) is 116 cm³/mol. The molecule has 2 fully saturated rings. The van der Waals surface area contributed by atoms with Gasteiger partial charge in [-0.3, -0.25) is 14.7 Å². The van der Waals surface area contributed by atoms with E-state index in [9.17, 15) is 13.2 Å². The summed E-state index contributed by atoms with van der Waals surface area (Å²) < 4.78 is 29.0. The van der Waals surface area contributed by atoms with Crippen LogP contribution in [-0.2, 0) is 21.4 Å². The summed E-state index contributed by atoms with van der Waals surface area (Å²) in [4.78, 5) is 23.8. The second-order valence-electron chi connectivity index (χ2n) is 8.19. The molecular formula is C22H25N5O3S. The number of nitrogens with zero attached hydrogens (tertiary/aromatic N) is 5. The Morgan fingerprint density at radius 2 is 1.74 bits per heavy atom. The highest BCUT2D eigenvalue weighted by Crippen LogP contribution is 2.31. The zero-order valence-corrected chi connectivity index (χ0v) is 18.0. The summed E-state index contributed by atoms with van der Waals surface area (Å²) in [6, 6.07) is 10.5. The molecule has 1 amide bonds. The molecule has 0 bridgehead atoms. The molecule has 0 saturated carbocycles. The van der Waals surface area contributed by atoms with E-state index in [1.807, 2.05) is 28.0 Å². The molecule has 5 rings (SSSR count). The first-order valence-corrected chi connectivity index (χ1v) is 12.1. The molecule has 4 heterocycles. The molecule has 3 aliphatic heterocycles. The Morgan fingerprint density at radius 1 is 1.00 bits per heavy atom. The van der Waals surface area contributed by atoms with Gasteiger partial charge in [-0.1, -0.05) is 12.1 Å². The Kier molecular flexibility index (Phi) is 5.23. The van der Waals surface area contributed by atoms with E-state index in [1.165, 1.54) is 5.56 Å². The lowest BCUT2D eigenvalue weighted by molar-refractivity contribution is -0.136. The van der Waals surface area contributed by atoms with Crippen LogP contribution in [0.1, 0.15) is 24.0 Å². The van der Waals surface area contributed by atoms with E-state index < -0.39 is 10.0 Å². The molecule has 1 aromatic heterocycles. The molecule has 0 radical (unpaired) electrons. The van der Waals surface area contributed by atoms with Gasteiger partial charge in [0.25, 0.3) is 10.0 Å². The lowest BCUT2D eigenvalue weighted by Gasteiger charge is -2.37. The second kappa shape index (κ2) is 8.05. The number of amides is 1. The third-order valence-electron chi connectivity index (χ3n) is 6.26. The first-order valence-electron chi connectivity index (χ1n) is 10.6. The van der Waals surface area contributed by atoms with E-state index >= 15 is 0 Å². The van der Waals surface area contributed by atoms with Gasteiger partial charge in [-0.15, -0.1) is 4.40 Å². The smallest absolute Gasteiger partial charge is 0.285 e. The first-order chi connectivity index (χ1) is 15.0. The van der Waals surface area contributed by atoms with Crippen molar-refractivity contribution in [3.63, 3.8) is 0 Å². The molecule has 8 nitrogen and oxygen atoms in total. The standard InChI is InChI=1S/C22H25N5O3S/c28-22(26-14-12-25(13-15-26)16-17-7-9-23-10-8-17)19-5-3-11-27(19)21-18-4-1-2-6-20(18)31(29,30)24-21/h1-2,4,6-10,19H,3,5,11-16H2/t19-/m0/s1. The monoisotopic (exact) mass is 439 g/mol. The van der Waals surface area contributed by atoms with Gasteiger partial charge in [0, 0.05) is 57.2 Å². The van der Waals surface area contributed by atoms with Crippen LogP contribution in [0.4, 0.5) is 0 Å². The summed E-state index contributed by atoms with van der Waals surface area (Å²) in [5.74, 6) is 0.494. The quantitative estimate of drug-likeness (QED) is 0.718. The zero-order chi connectivity index (χ0) is 21.4. The Morgan fingerprint density at radius 3 is 2.52 bits per heavy atom. The number of aromatic nitrogens is 1. The van der Waals surface area contributed by atoms with E-state index in [4.69, 9.17) is 0 Å². The average Bonchev–Trinajstić information content (AvgIpc) is 3.37. The number of pyridine rings is 1. The number of carbonyl (C=O) groups is 1. The number of sulfonamides is 1. The molecule has 1 atom stereocenters. The van der Waals surface area contributed by atoms with Gasteiger partial charge in [0.05, 0.1) is 0 Å². The SMILES string of the molecule is O=C([C@@H]1CCCN1C1=NS(=O)(=O)c2ccccc21)N1CCN(Cc2ccncc2)CC1. The third-order valence-corrected chi connectivity index (χ3v) is 7.59. The Labute approximate surface area is 182 Å². The van der Waals surface area contributed by atoms with Gasteiger partial charge >= 0.3 is 0 Å². The highest BCUT2D eigenvalue weighted by molar-refractivity contribution is 7.90. The molecule has 0 spiro atoms. The minimum atomic E-state index is -3.69. The van der Waals surface area contributed by atoms with Crippen molar-refractivity contribution in [2.75, 3.05) is 32.7 Å². The van der Waals surface area contributed by atoms with Crippen molar-refractivity contribution in [2.45, 2.75) is 30.3 Å². The number of hydrogen-bond donors (Lipinski definition) is 0. The number of hydrogen-bond acceptors (Lipinski definition) is 6. The fourth-order valence-electron chi connectivity index (χ4n) is 4.66. The Bertz CT molecular complexity index is 1110. The molecule has 0 aliphatic carbocycles. The van der Waals surface area contributed by atoms with Gasteiger partial charge < -0.3 is 9.80 Å². The first kappa shape index (κ1) is 20.1. The number of amidine groups is 1. The van der Waals surface area contributed by atoms with E-state index in [-0.39, 0.29) is 16.8 Å². The molecule has 0 unspecified atom stereocenters. The Hall–Kier alpha value is -2.78. The van der Waals surface area contributed by atoms with E-state index in [0.717, 1.165) is 32.5 Å². The number of piperazine rings is 1. The van der Waals surface area contributed by atoms with E-state index in [0.29, 0.717) is 31.0 Å². The maximum absolute atomic E-state index is 13.4. The number of benzene rings is 1. The van der Waals surface area contributed by atoms with E-state index in [2.05, 4.69) is 14.3 Å². The zero-order valence-electron chi connectivity index (χ0n) is 17.2. The fourth-order valence-corrected chi connectivity index (χ4v) is 5.87. The topological polar surface area (TPSA) is 86.2 Å². The fraction of sp³-hybridized carbons (Fsp3) is 0.409. The summed E-state index contributed by atoms with van der Waals surface area (Å²) in [6.45, 7) is 4.48. The Balaban J connectivity index is 1.27. The number of likely N-dealkylation sites (tertiary alicyclic amines) is 1. The third kappa shape index (κ3) is 3.83. The normalized spacial score (nSPS) is 23.0. The number of rotatable bonds is 3. The van der Waals surface area contributed by atoms with Crippen molar-refractivity contribution < 1.29 is 13.2 Å². The van der Waals surface area contributed by atoms with Crippen LogP contribution in [0, 0.1) is 0 Å². The summed E-state index contributed by atoms with van der Waals surface area (Å²) in [6.07, 6.45) is 5.17. The molecule has 1 aromatic carbocycles. The second-order valence-corrected chi connectivity index (χ2v) is 9.77. The largest absolute Gasteiger partial charge is 0.343 e. The van der Waals surface area contributed by atoms with Gasteiger partial charge in [-0.2, -0.15) is 8.42 Å². The average molecular weight is 440 g/mol. The van der Waals surface area contributed by atoms with Gasteiger partial charge in [0.15, 0.2) is 5.84 Å². The maximum Gasteiger partial charge on any atom is 0.285 e. The van der Waals surface area contributed by atoms with Gasteiger partial charge in [0.1, 0.15) is 10.9 Å². The highest BCUT2D eigenvalue weighted by atomic mass is 32.2. The minimum Gasteiger partial charge on any atom is -0.343 e. The maximum atomic E-state index is 13.4. The number of carbonyl (C=O) groups excluding carboxylic acids is 1. The molecule has 2 saturated heterocycles. The van der Waals surface area contributed by atoms with Gasteiger partial charge in [0.2, 0.25) is 5.91 Å². The van der Waals surface area contributed by atoms with Crippen molar-refractivity contribution in [1.29, 1.82) is 0 Å². The van der Waals surface area contributed by atoms with Crippen LogP contribution < -0.4 is 0 Å². The van der Waals surface area contributed by atoms with Crippen LogP contribution >= 0.6 is 0 Å². The summed E-state index contributed by atoms with van der Waals surface area (Å²) >= 11 is 0. The van der Waals surface area contributed by atoms with Crippen molar-refractivity contribution in [1.82, 2.24) is 19.7 Å². The lowest BCUT2D eigenvalue weighted by atomic mass is 10.1. The molecular weight excluding hydrogens is 414 g/mol. The van der Waals surface area contributed by atoms with Gasteiger partial charge in [-0.25, -0.2) is 0 Å². The summed E-state index contributed by atoms with van der Waals surface area (Å²) in [5, 5.41) is 0. The molecule has 31 heavy (non-hydrogen) atoms. The van der Waals surface area contributed by atoms with Crippen molar-refractivity contribution in [3.8, 4) is 0 Å². The van der Waals surface area contributed by atoms with Crippen LogP contribution in [0.3, 0.4) is 0 Å². The van der Waals surface area contributed by atoms with Crippen molar-refractivity contribution in [3.05, 3.63) is 59.9 Å². The molecule has 0 N–H and O–H groups in total. The van der Waals surface area contributed by atoms with Crippen molar-refractivity contribution >= 4 is 21.8 Å². The number of fused-ring (bicyclic) bond motifs is 1. The summed E-state index contributed by atoms with van der Waals surface area (Å²) in [5.41, 5.74) is 1.82. The predicted octanol–water partition coefficient (Wildman–Crippen LogP) is 1.34. The van der Waals surface area contributed by atoms with Crippen LogP contribution in [0.25, 0.3) is 0 Å². The summed E-state index contributed by atoms with van der Waals surface area (Å²) in [7, 11) is -3.69. The molecule has 162 valence electrons. The minimum absolute atomic E-state index is 0.0746. The van der Waals surface area contributed by atoms with Crippen molar-refractivity contribution in [2.24, 2.45) is 4.40 Å². The van der Waals surface area contributed by atoms with Crippen LogP contribution in [0.2, 0.25) is 0 Å². The molecule has 9 heteroatoms. The highest BCUT2D eigenvalue weighted by Gasteiger charge is 2.40. The molecule has 3 aliphatic rings. The van der Waals surface area contributed by atoms with Crippen LogP contribution in [0.5, 0.6) is 0 Å². The van der Waals surface area contributed by atoms with Crippen LogP contribution in [-0.4, -0.2) is 78.6 Å². The van der Waals surface area contributed by atoms with Crippen LogP contribution in [0.15, 0.2) is 58.1 Å². The van der Waals surface area contributed by atoms with E-state index in [1.54, 1.807) is 30.6 Å². The van der Waals surface area contributed by atoms with Gasteiger partial charge in [-0.05, 0) is 42.7 Å².